The molecule has 0 aliphatic rings. The number of nitrogens with one attached hydrogen (secondary N) is 1. The molecule has 4 N–H and O–H groups in total. The lowest BCUT2D eigenvalue weighted by molar-refractivity contribution is -0.120. The molecule has 0 saturated carbocycles. The summed E-state index contributed by atoms with van der Waals surface area (Å²) in [5, 5.41) is 14.1. The number of hydrogen-bond donors (Lipinski definition) is 3. The number of aromatic hydroxyl groups is 1. The molecule has 0 spiro atoms. The van der Waals surface area contributed by atoms with Gasteiger partial charge in [-0.3, -0.25) is 14.2 Å². The van der Waals surface area contributed by atoms with Crippen LogP contribution in [0.15, 0.2) is 42.5 Å². The lowest BCUT2D eigenvalue weighted by atomic mass is 10.1. The second-order valence-corrected chi connectivity index (χ2v) is 7.37. The van der Waals surface area contributed by atoms with Crippen molar-refractivity contribution in [2.45, 2.75) is 26.2 Å². The maximum absolute atomic E-state index is 13.2. The molecule has 6 nitrogen and oxygen atoms in total. The fraction of sp³-hybridized carbons (Fsp3) is 0.273. The number of hydrogen-bond acceptors (Lipinski definition) is 4. The number of phenolic OH excluding ortho intramolecular Hbond substituents is 1. The van der Waals surface area contributed by atoms with E-state index in [1.54, 1.807) is 41.0 Å². The molecule has 0 atom stereocenters. The Bertz CT molecular complexity index is 1040. The molecule has 0 aliphatic heterocycles. The first-order valence-electron chi connectivity index (χ1n) is 9.52. The van der Waals surface area contributed by atoms with Gasteiger partial charge >= 0.3 is 0 Å². The lowest BCUT2D eigenvalue weighted by Gasteiger charge is -2.08. The third kappa shape index (κ3) is 4.60. The molecule has 3 aromatic rings. The smallest absolute Gasteiger partial charge is 0.262 e. The molecule has 3 rings (SSSR count). The highest BCUT2D eigenvalue weighted by atomic mass is 35.5. The zero-order valence-corrected chi connectivity index (χ0v) is 17.0. The van der Waals surface area contributed by atoms with E-state index in [2.05, 4.69) is 5.32 Å². The van der Waals surface area contributed by atoms with Gasteiger partial charge in [-0.2, -0.15) is 0 Å². The standard InChI is InChI=1S/C22H24ClN3O3/c1-14-18(13-21(28)25-11-3-2-10-24)19-12-17(27)8-9-20(19)26(14)22(29)15-4-6-16(23)7-5-15/h4-9,12,27H,2-3,10-11,13,24H2,1H3,(H,25,28). The van der Waals surface area contributed by atoms with Crippen molar-refractivity contribution < 1.29 is 14.7 Å². The molecule has 0 radical (unpaired) electrons. The number of fused-ring (bicyclic) bond motifs is 1. The Balaban J connectivity index is 1.97. The number of carbonyl (C=O) groups is 2. The maximum atomic E-state index is 13.2. The van der Waals surface area contributed by atoms with Crippen LogP contribution in [0, 0.1) is 6.92 Å². The first-order chi connectivity index (χ1) is 13.9. The third-order valence-electron chi connectivity index (χ3n) is 4.90. The van der Waals surface area contributed by atoms with E-state index in [-0.39, 0.29) is 24.0 Å². The van der Waals surface area contributed by atoms with Crippen LogP contribution in [0.1, 0.15) is 34.5 Å². The lowest BCUT2D eigenvalue weighted by Crippen LogP contribution is -2.26. The minimum Gasteiger partial charge on any atom is -0.508 e. The SMILES string of the molecule is Cc1c(CC(=O)NCCCCN)c2cc(O)ccc2n1C(=O)c1ccc(Cl)cc1. The maximum Gasteiger partial charge on any atom is 0.262 e. The van der Waals surface area contributed by atoms with E-state index in [4.69, 9.17) is 17.3 Å². The van der Waals surface area contributed by atoms with E-state index in [1.807, 2.05) is 6.92 Å². The zero-order valence-electron chi connectivity index (χ0n) is 16.2. The molecule has 152 valence electrons. The molecule has 0 aliphatic carbocycles. The van der Waals surface area contributed by atoms with Crippen LogP contribution < -0.4 is 11.1 Å². The van der Waals surface area contributed by atoms with Crippen molar-refractivity contribution >= 4 is 34.3 Å². The summed E-state index contributed by atoms with van der Waals surface area (Å²) in [4.78, 5) is 25.6. The molecule has 1 amide bonds. The van der Waals surface area contributed by atoms with Crippen LogP contribution in [0.4, 0.5) is 0 Å². The summed E-state index contributed by atoms with van der Waals surface area (Å²) >= 11 is 5.93. The van der Waals surface area contributed by atoms with Gasteiger partial charge in [-0.15, -0.1) is 0 Å². The topological polar surface area (TPSA) is 97.3 Å². The Hall–Kier alpha value is -2.83. The molecule has 0 bridgehead atoms. The van der Waals surface area contributed by atoms with Gasteiger partial charge in [-0.1, -0.05) is 11.6 Å². The first-order valence-corrected chi connectivity index (χ1v) is 9.90. The minimum absolute atomic E-state index is 0.0817. The van der Waals surface area contributed by atoms with Crippen LogP contribution in [0.2, 0.25) is 5.02 Å². The Labute approximate surface area is 174 Å². The molecule has 1 aromatic heterocycles. The van der Waals surface area contributed by atoms with Crippen LogP contribution in [0.3, 0.4) is 0 Å². The van der Waals surface area contributed by atoms with Crippen molar-refractivity contribution in [3.63, 3.8) is 0 Å². The van der Waals surface area contributed by atoms with Crippen molar-refractivity contribution in [2.75, 3.05) is 13.1 Å². The summed E-state index contributed by atoms with van der Waals surface area (Å²) in [6, 6.07) is 11.5. The van der Waals surface area contributed by atoms with Gasteiger partial charge in [0.2, 0.25) is 5.91 Å². The normalized spacial score (nSPS) is 11.0. The van der Waals surface area contributed by atoms with E-state index in [9.17, 15) is 14.7 Å². The minimum atomic E-state index is -0.218. The van der Waals surface area contributed by atoms with Crippen LogP contribution in [-0.2, 0) is 11.2 Å². The summed E-state index contributed by atoms with van der Waals surface area (Å²) < 4.78 is 1.58. The number of rotatable bonds is 7. The van der Waals surface area contributed by atoms with Gasteiger partial charge in [-0.25, -0.2) is 0 Å². The monoisotopic (exact) mass is 413 g/mol. The van der Waals surface area contributed by atoms with E-state index < -0.39 is 0 Å². The second kappa shape index (κ2) is 9.11. The number of aromatic nitrogens is 1. The number of nitrogens with zero attached hydrogens (tertiary/aromatic N) is 1. The fourth-order valence-electron chi connectivity index (χ4n) is 3.40. The first kappa shape index (κ1) is 20.9. The van der Waals surface area contributed by atoms with Crippen molar-refractivity contribution in [1.82, 2.24) is 9.88 Å². The molecule has 0 unspecified atom stereocenters. The number of phenols is 1. The number of carbonyl (C=O) groups excluding carboxylic acids is 2. The highest BCUT2D eigenvalue weighted by molar-refractivity contribution is 6.30. The number of halogens is 1. The molecule has 7 heteroatoms. The van der Waals surface area contributed by atoms with Crippen LogP contribution >= 0.6 is 11.6 Å². The number of nitrogens with two attached hydrogens (primary N) is 1. The average molecular weight is 414 g/mol. The number of benzene rings is 2. The van der Waals surface area contributed by atoms with Crippen molar-refractivity contribution in [1.29, 1.82) is 0 Å². The van der Waals surface area contributed by atoms with Crippen molar-refractivity contribution in [3.8, 4) is 5.75 Å². The van der Waals surface area contributed by atoms with Crippen LogP contribution in [0.5, 0.6) is 5.75 Å². The van der Waals surface area contributed by atoms with Gasteiger partial charge in [-0.05, 0) is 74.3 Å². The molecular formula is C22H24ClN3O3. The predicted molar refractivity (Wildman–Crippen MR) is 115 cm³/mol. The quantitative estimate of drug-likeness (QED) is 0.517. The van der Waals surface area contributed by atoms with Gasteiger partial charge in [0.1, 0.15) is 5.75 Å². The van der Waals surface area contributed by atoms with Crippen molar-refractivity contribution in [2.24, 2.45) is 5.73 Å². The molecule has 0 saturated heterocycles. The highest BCUT2D eigenvalue weighted by Gasteiger charge is 2.21. The molecule has 1 heterocycles. The third-order valence-corrected chi connectivity index (χ3v) is 5.15. The van der Waals surface area contributed by atoms with E-state index in [0.717, 1.165) is 18.4 Å². The highest BCUT2D eigenvalue weighted by Crippen LogP contribution is 2.30. The average Bonchev–Trinajstić information content (AvgIpc) is 2.96. The molecular weight excluding hydrogens is 390 g/mol. The summed E-state index contributed by atoms with van der Waals surface area (Å²) in [6.45, 7) is 2.96. The van der Waals surface area contributed by atoms with Gasteiger partial charge in [0, 0.05) is 28.2 Å². The summed E-state index contributed by atoms with van der Waals surface area (Å²) in [7, 11) is 0. The number of unbranched alkanes of at least 4 members (excludes halogenated alkanes) is 1. The van der Waals surface area contributed by atoms with Crippen LogP contribution in [-0.4, -0.2) is 34.6 Å². The molecule has 0 fully saturated rings. The molecule has 2 aromatic carbocycles. The Morgan fingerprint density at radius 2 is 1.86 bits per heavy atom. The molecule has 29 heavy (non-hydrogen) atoms. The van der Waals surface area contributed by atoms with Crippen LogP contribution in [0.25, 0.3) is 10.9 Å². The predicted octanol–water partition coefficient (Wildman–Crippen LogP) is 3.39. The zero-order chi connectivity index (χ0) is 21.0. The van der Waals surface area contributed by atoms with E-state index in [0.29, 0.717) is 40.3 Å². The van der Waals surface area contributed by atoms with E-state index in [1.165, 1.54) is 6.07 Å². The summed E-state index contributed by atoms with van der Waals surface area (Å²) in [6.07, 6.45) is 1.79. The Morgan fingerprint density at radius 3 is 2.55 bits per heavy atom. The largest absolute Gasteiger partial charge is 0.508 e. The summed E-state index contributed by atoms with van der Waals surface area (Å²) in [5.41, 5.74) is 7.99. The van der Waals surface area contributed by atoms with Gasteiger partial charge in [0.15, 0.2) is 0 Å². The van der Waals surface area contributed by atoms with E-state index >= 15 is 0 Å². The fourth-order valence-corrected chi connectivity index (χ4v) is 3.52. The van der Waals surface area contributed by atoms with Gasteiger partial charge in [0.25, 0.3) is 5.91 Å². The van der Waals surface area contributed by atoms with Crippen molar-refractivity contribution in [3.05, 3.63) is 64.3 Å². The second-order valence-electron chi connectivity index (χ2n) is 6.94. The summed E-state index contributed by atoms with van der Waals surface area (Å²) in [5.74, 6) is -0.269. The van der Waals surface area contributed by atoms with Gasteiger partial charge < -0.3 is 16.2 Å². The Kier molecular flexibility index (Phi) is 6.56. The Morgan fingerprint density at radius 1 is 1.14 bits per heavy atom. The van der Waals surface area contributed by atoms with Gasteiger partial charge in [0.05, 0.1) is 11.9 Å². The number of amides is 1.